The van der Waals surface area contributed by atoms with E-state index in [1.807, 2.05) is 0 Å². The van der Waals surface area contributed by atoms with Crippen molar-refractivity contribution in [3.05, 3.63) is 59.3 Å². The Hall–Kier alpha value is -2.70. The summed E-state index contributed by atoms with van der Waals surface area (Å²) in [6.07, 6.45) is -1.24. The molecule has 7 heteroatoms. The molecule has 3 rings (SSSR count). The number of pyridine rings is 1. The molecule has 124 valence electrons. The van der Waals surface area contributed by atoms with E-state index < -0.39 is 23.8 Å². The van der Waals surface area contributed by atoms with Crippen LogP contribution in [0, 0.1) is 12.7 Å². The van der Waals surface area contributed by atoms with Crippen LogP contribution in [0.5, 0.6) is 0 Å². The Balaban J connectivity index is 1.99. The van der Waals surface area contributed by atoms with Crippen LogP contribution in [0.1, 0.15) is 36.3 Å². The Morgan fingerprint density at radius 2 is 1.79 bits per heavy atom. The summed E-state index contributed by atoms with van der Waals surface area (Å²) in [7, 11) is 0. The number of benzene rings is 1. The number of rotatable bonds is 4. The van der Waals surface area contributed by atoms with Crippen molar-refractivity contribution in [2.24, 2.45) is 0 Å². The van der Waals surface area contributed by atoms with Gasteiger partial charge in [0.2, 0.25) is 0 Å². The molecule has 2 aromatic heterocycles. The lowest BCUT2D eigenvalue weighted by atomic mass is 10.0. The van der Waals surface area contributed by atoms with Crippen molar-refractivity contribution in [3.8, 4) is 0 Å². The van der Waals surface area contributed by atoms with E-state index in [2.05, 4.69) is 20.3 Å². The molecular weight excluding hydrogens is 317 g/mol. The Kier molecular flexibility index (Phi) is 4.33. The molecular formula is C17H15F3N4. The van der Waals surface area contributed by atoms with Crippen LogP contribution in [-0.2, 0) is 0 Å². The highest BCUT2D eigenvalue weighted by Gasteiger charge is 2.20. The first-order valence-electron chi connectivity index (χ1n) is 7.39. The minimum atomic E-state index is -2.86. The molecule has 1 atom stereocenters. The molecule has 0 spiro atoms. The highest BCUT2D eigenvalue weighted by atomic mass is 19.3. The largest absolute Gasteiger partial charge is 0.363 e. The fourth-order valence-corrected chi connectivity index (χ4v) is 2.54. The average Bonchev–Trinajstić information content (AvgIpc) is 2.54. The summed E-state index contributed by atoms with van der Waals surface area (Å²) in [4.78, 5) is 12.7. The van der Waals surface area contributed by atoms with E-state index in [-0.39, 0.29) is 5.56 Å². The van der Waals surface area contributed by atoms with Gasteiger partial charge in [0.25, 0.3) is 6.43 Å². The topological polar surface area (TPSA) is 50.7 Å². The third-order valence-corrected chi connectivity index (χ3v) is 3.70. The predicted octanol–water partition coefficient (Wildman–Crippen LogP) is 4.58. The van der Waals surface area contributed by atoms with Crippen molar-refractivity contribution in [3.63, 3.8) is 0 Å². The fourth-order valence-electron chi connectivity index (χ4n) is 2.54. The number of aryl methyl sites for hydroxylation is 1. The van der Waals surface area contributed by atoms with Crippen molar-refractivity contribution in [1.82, 2.24) is 15.0 Å². The molecule has 0 aliphatic heterocycles. The first kappa shape index (κ1) is 16.2. The van der Waals surface area contributed by atoms with E-state index in [1.54, 1.807) is 32.2 Å². The highest BCUT2D eigenvalue weighted by Crippen LogP contribution is 2.29. The van der Waals surface area contributed by atoms with E-state index >= 15 is 0 Å². The molecule has 1 N–H and O–H groups in total. The van der Waals surface area contributed by atoms with Gasteiger partial charge in [0.1, 0.15) is 17.5 Å². The maximum absolute atomic E-state index is 14.3. The first-order chi connectivity index (χ1) is 11.5. The monoisotopic (exact) mass is 332 g/mol. The van der Waals surface area contributed by atoms with Gasteiger partial charge in [-0.15, -0.1) is 0 Å². The standard InChI is InChI=1S/C17H15F3N4/c1-9(11-5-3-6-12(14(11)18)15(19)20)22-17-13-7-4-8-21-16(13)23-10(2)24-17/h3-9,15H,1-2H3,(H,21,22,23,24)/t9-/m1/s1. The second kappa shape index (κ2) is 6.43. The summed E-state index contributed by atoms with van der Waals surface area (Å²) in [6.45, 7) is 3.41. The second-order valence-corrected chi connectivity index (χ2v) is 5.41. The van der Waals surface area contributed by atoms with E-state index in [9.17, 15) is 13.2 Å². The first-order valence-corrected chi connectivity index (χ1v) is 7.39. The smallest absolute Gasteiger partial charge is 0.266 e. The van der Waals surface area contributed by atoms with Crippen LogP contribution in [0.2, 0.25) is 0 Å². The minimum absolute atomic E-state index is 0.154. The van der Waals surface area contributed by atoms with Gasteiger partial charge in [-0.25, -0.2) is 28.1 Å². The number of nitrogens with zero attached hydrogens (tertiary/aromatic N) is 3. The Bertz CT molecular complexity index is 883. The van der Waals surface area contributed by atoms with Crippen LogP contribution >= 0.6 is 0 Å². The number of hydrogen-bond donors (Lipinski definition) is 1. The summed E-state index contributed by atoms with van der Waals surface area (Å²) < 4.78 is 40.0. The van der Waals surface area contributed by atoms with Gasteiger partial charge in [-0.2, -0.15) is 0 Å². The third kappa shape index (κ3) is 3.02. The molecule has 0 aliphatic rings. The van der Waals surface area contributed by atoms with Crippen LogP contribution in [0.25, 0.3) is 11.0 Å². The van der Waals surface area contributed by atoms with Gasteiger partial charge in [0, 0.05) is 11.8 Å². The lowest BCUT2D eigenvalue weighted by Crippen LogP contribution is -2.12. The highest BCUT2D eigenvalue weighted by molar-refractivity contribution is 5.86. The fraction of sp³-hybridized carbons (Fsp3) is 0.235. The normalized spacial score (nSPS) is 12.6. The molecule has 0 unspecified atom stereocenters. The molecule has 0 amide bonds. The predicted molar refractivity (Wildman–Crippen MR) is 85.5 cm³/mol. The Morgan fingerprint density at radius 1 is 1.04 bits per heavy atom. The van der Waals surface area contributed by atoms with E-state index in [4.69, 9.17) is 0 Å². The van der Waals surface area contributed by atoms with Gasteiger partial charge in [0.15, 0.2) is 5.65 Å². The third-order valence-electron chi connectivity index (χ3n) is 3.70. The lowest BCUT2D eigenvalue weighted by molar-refractivity contribution is 0.146. The Labute approximate surface area is 136 Å². The van der Waals surface area contributed by atoms with E-state index in [0.29, 0.717) is 22.7 Å². The molecule has 4 nitrogen and oxygen atoms in total. The molecule has 24 heavy (non-hydrogen) atoms. The summed E-state index contributed by atoms with van der Waals surface area (Å²) in [6, 6.07) is 6.97. The van der Waals surface area contributed by atoms with Crippen molar-refractivity contribution in [2.45, 2.75) is 26.3 Å². The number of alkyl halides is 2. The zero-order valence-electron chi connectivity index (χ0n) is 13.1. The Morgan fingerprint density at radius 3 is 2.54 bits per heavy atom. The van der Waals surface area contributed by atoms with Gasteiger partial charge < -0.3 is 5.32 Å². The summed E-state index contributed by atoms with van der Waals surface area (Å²) in [5.74, 6) is 0.0957. The van der Waals surface area contributed by atoms with Gasteiger partial charge in [0.05, 0.1) is 17.0 Å². The molecule has 0 bridgehead atoms. The zero-order chi connectivity index (χ0) is 17.3. The SMILES string of the molecule is Cc1nc(N[C@H](C)c2cccc(C(F)F)c2F)c2cccnc2n1. The molecule has 0 saturated carbocycles. The second-order valence-electron chi connectivity index (χ2n) is 5.41. The van der Waals surface area contributed by atoms with E-state index in [0.717, 1.165) is 6.07 Å². The molecule has 0 fully saturated rings. The average molecular weight is 332 g/mol. The molecule has 1 aromatic carbocycles. The molecule has 0 aliphatic carbocycles. The number of nitrogens with one attached hydrogen (secondary N) is 1. The number of fused-ring (bicyclic) bond motifs is 1. The van der Waals surface area contributed by atoms with Gasteiger partial charge >= 0.3 is 0 Å². The van der Waals surface area contributed by atoms with Crippen molar-refractivity contribution >= 4 is 16.9 Å². The van der Waals surface area contributed by atoms with E-state index in [1.165, 1.54) is 12.1 Å². The quantitative estimate of drug-likeness (QED) is 0.759. The molecule has 3 aromatic rings. The summed E-state index contributed by atoms with van der Waals surface area (Å²) in [5.41, 5.74) is 0.0640. The van der Waals surface area contributed by atoms with Crippen LogP contribution in [0.15, 0.2) is 36.5 Å². The van der Waals surface area contributed by atoms with Crippen molar-refractivity contribution in [1.29, 1.82) is 0 Å². The van der Waals surface area contributed by atoms with Crippen LogP contribution in [0.4, 0.5) is 19.0 Å². The minimum Gasteiger partial charge on any atom is -0.363 e. The number of hydrogen-bond acceptors (Lipinski definition) is 4. The number of anilines is 1. The van der Waals surface area contributed by atoms with Gasteiger partial charge in [-0.3, -0.25) is 0 Å². The van der Waals surface area contributed by atoms with Gasteiger partial charge in [-0.1, -0.05) is 18.2 Å². The molecule has 0 saturated heterocycles. The van der Waals surface area contributed by atoms with Gasteiger partial charge in [-0.05, 0) is 26.0 Å². The number of aromatic nitrogens is 3. The van der Waals surface area contributed by atoms with Crippen molar-refractivity contribution in [2.75, 3.05) is 5.32 Å². The van der Waals surface area contributed by atoms with Crippen LogP contribution < -0.4 is 5.32 Å². The maximum Gasteiger partial charge on any atom is 0.266 e. The molecule has 2 heterocycles. The summed E-state index contributed by atoms with van der Waals surface area (Å²) in [5, 5.41) is 3.75. The number of halogens is 3. The maximum atomic E-state index is 14.3. The van der Waals surface area contributed by atoms with Crippen LogP contribution in [-0.4, -0.2) is 15.0 Å². The molecule has 0 radical (unpaired) electrons. The summed E-state index contributed by atoms with van der Waals surface area (Å²) >= 11 is 0. The van der Waals surface area contributed by atoms with Crippen molar-refractivity contribution < 1.29 is 13.2 Å². The lowest BCUT2D eigenvalue weighted by Gasteiger charge is -2.18. The zero-order valence-corrected chi connectivity index (χ0v) is 13.1. The van der Waals surface area contributed by atoms with Crippen LogP contribution in [0.3, 0.4) is 0 Å².